The van der Waals surface area contributed by atoms with Gasteiger partial charge in [0.1, 0.15) is 0 Å². The standard InChI is InChI=1S/C11H26O3Si.H2O3S2/c1-5-9-10-11-15(12-6-2,13-7-3)14-8-4;1-5(2,3)4/h5-11H2,1-4H3;(H2,1,2,3,4). The van der Waals surface area contributed by atoms with E-state index in [1.165, 1.54) is 12.8 Å². The minimum atomic E-state index is -3.83. The van der Waals surface area contributed by atoms with Crippen molar-refractivity contribution in [3.8, 4) is 0 Å². The van der Waals surface area contributed by atoms with Crippen LogP contribution in [0, 0.1) is 0 Å². The topological polar surface area (TPSA) is 85.2 Å². The van der Waals surface area contributed by atoms with E-state index >= 15 is 0 Å². The molecule has 0 aliphatic carbocycles. The second kappa shape index (κ2) is 13.1. The lowest BCUT2D eigenvalue weighted by Gasteiger charge is -2.28. The van der Waals surface area contributed by atoms with Gasteiger partial charge in [-0.2, -0.15) is 4.21 Å². The SMILES string of the molecule is CCCCC[Si](OCC)(OCC)OCC.O=S(O)(O)=S. The van der Waals surface area contributed by atoms with E-state index in [1.807, 2.05) is 20.8 Å². The van der Waals surface area contributed by atoms with E-state index in [-0.39, 0.29) is 0 Å². The van der Waals surface area contributed by atoms with E-state index in [1.54, 1.807) is 0 Å². The Labute approximate surface area is 128 Å². The lowest BCUT2D eigenvalue weighted by molar-refractivity contribution is 0.0707. The normalized spacial score (nSPS) is 11.9. The lowest BCUT2D eigenvalue weighted by atomic mass is 10.3. The molecule has 0 heterocycles. The molecule has 0 saturated carbocycles. The van der Waals surface area contributed by atoms with Crippen LogP contribution in [0.3, 0.4) is 0 Å². The number of hydrogen-bond donors (Lipinski definition) is 2. The second-order valence-electron chi connectivity index (χ2n) is 3.89. The molecule has 0 saturated heterocycles. The van der Waals surface area contributed by atoms with Crippen LogP contribution >= 0.6 is 0 Å². The molecule has 0 unspecified atom stereocenters. The summed E-state index contributed by atoms with van der Waals surface area (Å²) in [4.78, 5) is 0. The molecule has 9 heteroatoms. The largest absolute Gasteiger partial charge is 0.500 e. The van der Waals surface area contributed by atoms with Gasteiger partial charge in [0.15, 0.2) is 0 Å². The van der Waals surface area contributed by atoms with Crippen LogP contribution in [0.1, 0.15) is 47.0 Å². The molecular formula is C11H28O6S2Si. The lowest BCUT2D eigenvalue weighted by Crippen LogP contribution is -2.45. The summed E-state index contributed by atoms with van der Waals surface area (Å²) < 4.78 is 41.2. The Morgan fingerprint density at radius 1 is 0.950 bits per heavy atom. The highest BCUT2D eigenvalue weighted by Crippen LogP contribution is 2.19. The van der Waals surface area contributed by atoms with Crippen molar-refractivity contribution in [2.75, 3.05) is 19.8 Å². The Hall–Kier alpha value is 0.387. The van der Waals surface area contributed by atoms with Crippen molar-refractivity contribution in [2.24, 2.45) is 0 Å². The summed E-state index contributed by atoms with van der Waals surface area (Å²) in [6, 6.07) is 0.955. The van der Waals surface area contributed by atoms with Gasteiger partial charge in [-0.15, -0.1) is 0 Å². The zero-order valence-electron chi connectivity index (χ0n) is 12.8. The van der Waals surface area contributed by atoms with Gasteiger partial charge in [0.2, 0.25) is 0 Å². The van der Waals surface area contributed by atoms with Gasteiger partial charge in [0, 0.05) is 37.1 Å². The Balaban J connectivity index is 0. The van der Waals surface area contributed by atoms with Crippen LogP contribution in [-0.4, -0.2) is 41.9 Å². The molecule has 0 aromatic rings. The Morgan fingerprint density at radius 2 is 1.30 bits per heavy atom. The molecule has 6 nitrogen and oxygen atoms in total. The molecule has 0 amide bonds. The van der Waals surface area contributed by atoms with Gasteiger partial charge >= 0.3 is 8.80 Å². The molecular weight excluding hydrogens is 320 g/mol. The molecule has 20 heavy (non-hydrogen) atoms. The maximum absolute atomic E-state index is 9.11. The van der Waals surface area contributed by atoms with E-state index in [2.05, 4.69) is 18.1 Å². The Bertz CT molecular complexity index is 285. The molecule has 0 aliphatic rings. The number of unbranched alkanes of at least 4 members (excludes halogenated alkanes) is 2. The molecule has 0 spiro atoms. The summed E-state index contributed by atoms with van der Waals surface area (Å²) in [5, 5.41) is 0. The van der Waals surface area contributed by atoms with Gasteiger partial charge in [0.25, 0.3) is 9.05 Å². The molecule has 0 rings (SSSR count). The smallest absolute Gasteiger partial charge is 0.374 e. The van der Waals surface area contributed by atoms with Crippen molar-refractivity contribution in [1.29, 1.82) is 0 Å². The van der Waals surface area contributed by atoms with Crippen LogP contribution < -0.4 is 0 Å². The summed E-state index contributed by atoms with van der Waals surface area (Å²) in [6.07, 6.45) is 3.58. The quantitative estimate of drug-likeness (QED) is 0.464. The first-order chi connectivity index (χ1) is 9.24. The van der Waals surface area contributed by atoms with Crippen molar-refractivity contribution in [3.05, 3.63) is 0 Å². The molecule has 0 bridgehead atoms. The molecule has 0 aromatic heterocycles. The maximum Gasteiger partial charge on any atom is 0.500 e. The monoisotopic (exact) mass is 348 g/mol. The van der Waals surface area contributed by atoms with E-state index in [0.717, 1.165) is 12.5 Å². The van der Waals surface area contributed by atoms with Gasteiger partial charge < -0.3 is 13.3 Å². The molecule has 0 aromatic carbocycles. The van der Waals surface area contributed by atoms with Crippen LogP contribution in [0.2, 0.25) is 6.04 Å². The second-order valence-corrected chi connectivity index (χ2v) is 8.82. The minimum absolute atomic E-state index is 0.679. The Morgan fingerprint density at radius 3 is 1.55 bits per heavy atom. The van der Waals surface area contributed by atoms with Gasteiger partial charge in [-0.25, -0.2) is 0 Å². The van der Waals surface area contributed by atoms with Gasteiger partial charge in [-0.05, 0) is 27.2 Å². The van der Waals surface area contributed by atoms with Gasteiger partial charge in [-0.3, -0.25) is 9.11 Å². The number of hydrogen-bond acceptors (Lipinski definition) is 5. The summed E-state index contributed by atoms with van der Waals surface area (Å²) in [6.45, 7) is 10.2. The van der Waals surface area contributed by atoms with E-state index in [0.29, 0.717) is 19.8 Å². The van der Waals surface area contributed by atoms with Gasteiger partial charge in [-0.1, -0.05) is 19.8 Å². The first-order valence-corrected chi connectivity index (χ1v) is 11.2. The fraction of sp³-hybridized carbons (Fsp3) is 1.00. The first kappa shape index (κ1) is 22.7. The summed E-state index contributed by atoms with van der Waals surface area (Å²) in [7, 11) is -6.17. The van der Waals surface area contributed by atoms with Gasteiger partial charge in [0.05, 0.1) is 0 Å². The van der Waals surface area contributed by atoms with E-state index < -0.39 is 17.9 Å². The van der Waals surface area contributed by atoms with Crippen LogP contribution in [0.25, 0.3) is 0 Å². The summed E-state index contributed by atoms with van der Waals surface area (Å²) in [5.41, 5.74) is 0. The van der Waals surface area contributed by atoms with Crippen molar-refractivity contribution in [3.63, 3.8) is 0 Å². The molecule has 0 atom stereocenters. The third kappa shape index (κ3) is 16.4. The highest BCUT2D eigenvalue weighted by atomic mass is 32.9. The number of rotatable bonds is 10. The molecule has 0 aliphatic heterocycles. The van der Waals surface area contributed by atoms with Crippen LogP contribution in [0.4, 0.5) is 0 Å². The average Bonchev–Trinajstić information content (AvgIpc) is 2.28. The third-order valence-corrected chi connectivity index (χ3v) is 5.33. The predicted octanol–water partition coefficient (Wildman–Crippen LogP) is 2.90. The first-order valence-electron chi connectivity index (χ1n) is 6.86. The highest BCUT2D eigenvalue weighted by molar-refractivity contribution is 8.26. The molecule has 124 valence electrons. The zero-order valence-corrected chi connectivity index (χ0v) is 15.4. The highest BCUT2D eigenvalue weighted by Gasteiger charge is 2.39. The third-order valence-electron chi connectivity index (χ3n) is 2.18. The average molecular weight is 349 g/mol. The van der Waals surface area contributed by atoms with Crippen LogP contribution in [-0.2, 0) is 33.5 Å². The minimum Gasteiger partial charge on any atom is -0.374 e. The van der Waals surface area contributed by atoms with Crippen molar-refractivity contribution in [2.45, 2.75) is 53.0 Å². The summed E-state index contributed by atoms with van der Waals surface area (Å²) in [5.74, 6) is 0. The zero-order chi connectivity index (χ0) is 16.1. The fourth-order valence-corrected chi connectivity index (χ4v) is 4.28. The van der Waals surface area contributed by atoms with Crippen molar-refractivity contribution in [1.82, 2.24) is 0 Å². The molecule has 2 N–H and O–H groups in total. The maximum atomic E-state index is 9.11. The van der Waals surface area contributed by atoms with Crippen molar-refractivity contribution >= 4 is 29.0 Å². The van der Waals surface area contributed by atoms with E-state index in [9.17, 15) is 0 Å². The van der Waals surface area contributed by atoms with Crippen LogP contribution in [0.15, 0.2) is 0 Å². The predicted molar refractivity (Wildman–Crippen MR) is 85.7 cm³/mol. The summed E-state index contributed by atoms with van der Waals surface area (Å²) >= 11 is 3.47. The van der Waals surface area contributed by atoms with Crippen LogP contribution in [0.5, 0.6) is 0 Å². The molecule has 0 radical (unpaired) electrons. The Kier molecular flexibility index (Phi) is 14.8. The fourth-order valence-electron chi connectivity index (χ4n) is 1.59. The van der Waals surface area contributed by atoms with E-state index in [4.69, 9.17) is 26.6 Å². The van der Waals surface area contributed by atoms with Crippen molar-refractivity contribution < 1.29 is 26.6 Å². The molecule has 0 fully saturated rings.